The molecule has 2 saturated heterocycles. The zero-order valence-electron chi connectivity index (χ0n) is 18.5. The molecule has 2 fully saturated rings. The SMILES string of the molecule is CC(=O)N[C@H]1[C@H](Oc2ccc([N+](=O)[O-])cc2)O[C@H](CO[C@@H]2O[C@H](CO)[C@H](O)[C@H](O)[C@H]2O)[C@@H](O)[C@@H]1O. The van der Waals surface area contributed by atoms with Gasteiger partial charge in [-0.15, -0.1) is 0 Å². The van der Waals surface area contributed by atoms with E-state index in [-0.39, 0.29) is 11.4 Å². The van der Waals surface area contributed by atoms with Gasteiger partial charge in [0.1, 0.15) is 54.5 Å². The Hall–Kier alpha value is -2.47. The highest BCUT2D eigenvalue weighted by Crippen LogP contribution is 2.28. The van der Waals surface area contributed by atoms with Crippen LogP contribution < -0.4 is 10.1 Å². The van der Waals surface area contributed by atoms with Crippen LogP contribution in [0.25, 0.3) is 0 Å². The van der Waals surface area contributed by atoms with E-state index in [4.69, 9.17) is 18.9 Å². The van der Waals surface area contributed by atoms with Gasteiger partial charge in [0.05, 0.1) is 18.1 Å². The molecule has 15 heteroatoms. The molecule has 2 aliphatic rings. The third kappa shape index (κ3) is 6.21. The van der Waals surface area contributed by atoms with Gasteiger partial charge in [0.25, 0.3) is 5.69 Å². The minimum Gasteiger partial charge on any atom is -0.463 e. The van der Waals surface area contributed by atoms with Crippen LogP contribution in [0.5, 0.6) is 5.75 Å². The van der Waals surface area contributed by atoms with Crippen molar-refractivity contribution >= 4 is 11.6 Å². The van der Waals surface area contributed by atoms with Gasteiger partial charge in [-0.2, -0.15) is 0 Å². The van der Waals surface area contributed by atoms with Crippen molar-refractivity contribution in [1.29, 1.82) is 0 Å². The van der Waals surface area contributed by atoms with Crippen LogP contribution in [0.15, 0.2) is 24.3 Å². The summed E-state index contributed by atoms with van der Waals surface area (Å²) in [7, 11) is 0. The number of aliphatic hydroxyl groups excluding tert-OH is 6. The van der Waals surface area contributed by atoms with Crippen LogP contribution in [-0.2, 0) is 19.0 Å². The summed E-state index contributed by atoms with van der Waals surface area (Å²) < 4.78 is 22.0. The number of carbonyl (C=O) groups is 1. The third-order valence-electron chi connectivity index (χ3n) is 5.64. The van der Waals surface area contributed by atoms with Gasteiger partial charge < -0.3 is 54.9 Å². The second kappa shape index (κ2) is 11.5. The number of ether oxygens (including phenoxy) is 4. The zero-order valence-corrected chi connectivity index (χ0v) is 18.5. The van der Waals surface area contributed by atoms with Crippen molar-refractivity contribution in [2.75, 3.05) is 13.2 Å². The van der Waals surface area contributed by atoms with Gasteiger partial charge in [0.2, 0.25) is 12.2 Å². The molecule has 1 aromatic rings. The molecule has 3 rings (SSSR count). The van der Waals surface area contributed by atoms with Crippen molar-refractivity contribution in [3.8, 4) is 5.75 Å². The molecular weight excluding hydrogens is 476 g/mol. The number of carbonyl (C=O) groups excluding carboxylic acids is 1. The number of nitro benzene ring substituents is 1. The summed E-state index contributed by atoms with van der Waals surface area (Å²) in [5, 5.41) is 73.5. The van der Waals surface area contributed by atoms with Crippen molar-refractivity contribution in [2.24, 2.45) is 0 Å². The van der Waals surface area contributed by atoms with E-state index < -0.39 is 85.4 Å². The molecule has 0 radical (unpaired) electrons. The second-order valence-electron chi connectivity index (χ2n) is 8.15. The fourth-order valence-corrected chi connectivity index (χ4v) is 3.73. The van der Waals surface area contributed by atoms with Crippen molar-refractivity contribution < 1.29 is 59.3 Å². The van der Waals surface area contributed by atoms with E-state index in [9.17, 15) is 45.5 Å². The first-order valence-corrected chi connectivity index (χ1v) is 10.7. The smallest absolute Gasteiger partial charge is 0.269 e. The van der Waals surface area contributed by atoms with Crippen molar-refractivity contribution in [2.45, 2.75) is 68.3 Å². The first kappa shape index (κ1) is 27.1. The molecule has 1 amide bonds. The van der Waals surface area contributed by atoms with Gasteiger partial charge in [-0.25, -0.2) is 0 Å². The maximum absolute atomic E-state index is 11.6. The molecule has 0 bridgehead atoms. The van der Waals surface area contributed by atoms with Gasteiger partial charge in [0.15, 0.2) is 6.29 Å². The maximum atomic E-state index is 11.6. The molecule has 1 aromatic carbocycles. The van der Waals surface area contributed by atoms with Crippen LogP contribution >= 0.6 is 0 Å². The summed E-state index contributed by atoms with van der Waals surface area (Å²) >= 11 is 0. The summed E-state index contributed by atoms with van der Waals surface area (Å²) in [6.07, 6.45) is -13.6. The lowest BCUT2D eigenvalue weighted by atomic mass is 9.96. The Bertz CT molecular complexity index is 869. The van der Waals surface area contributed by atoms with E-state index in [1.165, 1.54) is 31.2 Å². The molecule has 196 valence electrons. The Kier molecular flexibility index (Phi) is 8.92. The van der Waals surface area contributed by atoms with Gasteiger partial charge >= 0.3 is 0 Å². The number of benzene rings is 1. The number of amides is 1. The Morgan fingerprint density at radius 2 is 1.57 bits per heavy atom. The van der Waals surface area contributed by atoms with E-state index >= 15 is 0 Å². The molecule has 2 aliphatic heterocycles. The van der Waals surface area contributed by atoms with E-state index in [1.807, 2.05) is 0 Å². The number of aliphatic hydroxyl groups is 6. The average Bonchev–Trinajstić information content (AvgIpc) is 2.82. The van der Waals surface area contributed by atoms with Crippen molar-refractivity contribution in [3.05, 3.63) is 34.4 Å². The predicted molar refractivity (Wildman–Crippen MR) is 112 cm³/mol. The van der Waals surface area contributed by atoms with E-state index in [2.05, 4.69) is 5.32 Å². The lowest BCUT2D eigenvalue weighted by Crippen LogP contribution is -2.66. The van der Waals surface area contributed by atoms with E-state index in [1.54, 1.807) is 0 Å². The molecule has 0 aromatic heterocycles. The number of rotatable bonds is 8. The van der Waals surface area contributed by atoms with Gasteiger partial charge in [-0.3, -0.25) is 14.9 Å². The zero-order chi connectivity index (χ0) is 25.9. The largest absolute Gasteiger partial charge is 0.463 e. The quantitative estimate of drug-likeness (QED) is 0.136. The molecule has 0 saturated carbocycles. The summed E-state index contributed by atoms with van der Waals surface area (Å²) in [6, 6.07) is 3.68. The molecule has 10 atom stereocenters. The van der Waals surface area contributed by atoms with Gasteiger partial charge in [0, 0.05) is 19.1 Å². The molecule has 0 unspecified atom stereocenters. The summed E-state index contributed by atoms with van der Waals surface area (Å²) in [5.41, 5.74) is -0.193. The Morgan fingerprint density at radius 3 is 2.14 bits per heavy atom. The fourth-order valence-electron chi connectivity index (χ4n) is 3.73. The van der Waals surface area contributed by atoms with E-state index in [0.29, 0.717) is 0 Å². The van der Waals surface area contributed by atoms with Crippen LogP contribution in [0.1, 0.15) is 6.92 Å². The number of non-ortho nitro benzene ring substituents is 1. The van der Waals surface area contributed by atoms with Crippen LogP contribution in [0.3, 0.4) is 0 Å². The van der Waals surface area contributed by atoms with Crippen LogP contribution in [-0.4, -0.2) is 116 Å². The van der Waals surface area contributed by atoms with Crippen LogP contribution in [0, 0.1) is 10.1 Å². The highest BCUT2D eigenvalue weighted by Gasteiger charge is 2.48. The Balaban J connectivity index is 1.72. The first-order valence-electron chi connectivity index (χ1n) is 10.7. The lowest BCUT2D eigenvalue weighted by Gasteiger charge is -2.44. The Labute approximate surface area is 198 Å². The number of nitrogens with one attached hydrogen (secondary N) is 1. The first-order chi connectivity index (χ1) is 16.5. The molecule has 7 N–H and O–H groups in total. The molecule has 35 heavy (non-hydrogen) atoms. The Morgan fingerprint density at radius 1 is 0.971 bits per heavy atom. The highest BCUT2D eigenvalue weighted by atomic mass is 16.7. The molecule has 0 aliphatic carbocycles. The number of hydrogen-bond donors (Lipinski definition) is 7. The van der Waals surface area contributed by atoms with Gasteiger partial charge in [-0.1, -0.05) is 0 Å². The van der Waals surface area contributed by atoms with Crippen LogP contribution in [0.2, 0.25) is 0 Å². The number of nitro groups is 1. The van der Waals surface area contributed by atoms with E-state index in [0.717, 1.165) is 0 Å². The molecule has 15 nitrogen and oxygen atoms in total. The minimum atomic E-state index is -1.70. The third-order valence-corrected chi connectivity index (χ3v) is 5.64. The predicted octanol–water partition coefficient (Wildman–Crippen LogP) is -3.26. The number of nitrogens with zero attached hydrogens (tertiary/aromatic N) is 1. The summed E-state index contributed by atoms with van der Waals surface area (Å²) in [6.45, 7) is -0.000197. The van der Waals surface area contributed by atoms with Gasteiger partial charge in [-0.05, 0) is 12.1 Å². The standard InChI is InChI=1S/C20H28N2O13/c1-8(24)21-13-16(27)15(26)12(7-32-20-18(29)17(28)14(25)11(6-23)34-20)35-19(13)33-10-4-2-9(3-5-10)22(30)31/h2-5,11-20,23,25-29H,6-7H2,1H3,(H,21,24)/t11-,12-,13-,14+,15-,16-,17+,18-,19-,20-/m1/s1. The highest BCUT2D eigenvalue weighted by molar-refractivity contribution is 5.73. The van der Waals surface area contributed by atoms with Crippen LogP contribution in [0.4, 0.5) is 5.69 Å². The summed E-state index contributed by atoms with van der Waals surface area (Å²) in [5.74, 6) is -0.452. The minimum absolute atomic E-state index is 0.105. The summed E-state index contributed by atoms with van der Waals surface area (Å²) in [4.78, 5) is 21.9. The molecule has 2 heterocycles. The monoisotopic (exact) mass is 504 g/mol. The fraction of sp³-hybridized carbons (Fsp3) is 0.650. The van der Waals surface area contributed by atoms with Crippen molar-refractivity contribution in [1.82, 2.24) is 5.32 Å². The normalized spacial score (nSPS) is 37.5. The number of hydrogen-bond acceptors (Lipinski definition) is 13. The van der Waals surface area contributed by atoms with Crippen molar-refractivity contribution in [3.63, 3.8) is 0 Å². The topological polar surface area (TPSA) is 231 Å². The lowest BCUT2D eigenvalue weighted by molar-refractivity contribution is -0.384. The molecular formula is C20H28N2O13. The maximum Gasteiger partial charge on any atom is 0.269 e. The average molecular weight is 504 g/mol. The molecule has 0 spiro atoms. The second-order valence-corrected chi connectivity index (χ2v) is 8.15.